The quantitative estimate of drug-likeness (QED) is 0.0821. The first-order valence-corrected chi connectivity index (χ1v) is 16.8. The third-order valence-electron chi connectivity index (χ3n) is 7.05. The molecule has 0 aliphatic heterocycles. The first kappa shape index (κ1) is 34.1. The summed E-state index contributed by atoms with van der Waals surface area (Å²) in [4.78, 5) is 18.5. The Kier molecular flexibility index (Phi) is 26.3. The topological polar surface area (TPSA) is 66.8 Å². The van der Waals surface area contributed by atoms with Gasteiger partial charge >= 0.3 is 7.82 Å². The fourth-order valence-electron chi connectivity index (χ4n) is 4.87. The summed E-state index contributed by atoms with van der Waals surface area (Å²) in [5, 5.41) is 0. The van der Waals surface area contributed by atoms with Crippen LogP contribution in [-0.4, -0.2) is 15.9 Å². The van der Waals surface area contributed by atoms with Gasteiger partial charge in [0.15, 0.2) is 0 Å². The first-order chi connectivity index (χ1) is 16.5. The van der Waals surface area contributed by atoms with Crippen LogP contribution in [0.4, 0.5) is 0 Å². The molecule has 0 aromatic rings. The smallest absolute Gasteiger partial charge is 0.303 e. The van der Waals surface area contributed by atoms with Gasteiger partial charge in [0.1, 0.15) is 0 Å². The van der Waals surface area contributed by atoms with Crippen molar-refractivity contribution in [1.82, 2.24) is 0 Å². The van der Waals surface area contributed by atoms with Gasteiger partial charge < -0.3 is 9.79 Å². The van der Waals surface area contributed by atoms with Gasteiger partial charge in [-0.1, -0.05) is 168 Å². The summed E-state index contributed by atoms with van der Waals surface area (Å²) in [5.74, 6) is 0. The average Bonchev–Trinajstić information content (AvgIpc) is 2.79. The SMILES string of the molecule is CCCCCCCCCCCCCCCCC(CCCCCCCCCCCC)OP(=O)(O)O. The van der Waals surface area contributed by atoms with Gasteiger partial charge in [-0.05, 0) is 12.8 Å². The Morgan fingerprint density at radius 2 is 0.706 bits per heavy atom. The lowest BCUT2D eigenvalue weighted by Crippen LogP contribution is -2.11. The molecule has 0 aromatic carbocycles. The summed E-state index contributed by atoms with van der Waals surface area (Å²) in [6.45, 7) is 4.52. The van der Waals surface area contributed by atoms with E-state index in [0.29, 0.717) is 0 Å². The van der Waals surface area contributed by atoms with Crippen LogP contribution in [0.5, 0.6) is 0 Å². The average molecular weight is 505 g/mol. The lowest BCUT2D eigenvalue weighted by Gasteiger charge is -2.18. The standard InChI is InChI=1S/C29H61O4P/c1-3-5-7-9-11-13-15-16-17-18-20-22-24-26-28-29(33-34(30,31)32)27-25-23-21-19-14-12-10-8-6-4-2/h29H,3-28H2,1-2H3,(H2,30,31,32). The fraction of sp³-hybridized carbons (Fsp3) is 1.00. The second kappa shape index (κ2) is 26.2. The van der Waals surface area contributed by atoms with E-state index in [1.54, 1.807) is 0 Å². The molecule has 0 amide bonds. The zero-order chi connectivity index (χ0) is 25.2. The van der Waals surface area contributed by atoms with Crippen LogP contribution >= 0.6 is 7.82 Å². The number of hydrogen-bond acceptors (Lipinski definition) is 2. The van der Waals surface area contributed by atoms with Crippen molar-refractivity contribution in [3.05, 3.63) is 0 Å². The molecule has 0 radical (unpaired) electrons. The minimum absolute atomic E-state index is 0.285. The van der Waals surface area contributed by atoms with E-state index in [1.807, 2.05) is 0 Å². The van der Waals surface area contributed by atoms with Gasteiger partial charge in [-0.2, -0.15) is 0 Å². The molecule has 0 saturated heterocycles. The number of rotatable bonds is 28. The molecule has 0 fully saturated rings. The van der Waals surface area contributed by atoms with Crippen molar-refractivity contribution in [2.45, 2.75) is 187 Å². The van der Waals surface area contributed by atoms with Gasteiger partial charge in [0.25, 0.3) is 0 Å². The van der Waals surface area contributed by atoms with E-state index < -0.39 is 7.82 Å². The molecule has 2 N–H and O–H groups in total. The van der Waals surface area contributed by atoms with Crippen molar-refractivity contribution in [2.24, 2.45) is 0 Å². The molecular formula is C29H61O4P. The van der Waals surface area contributed by atoms with Gasteiger partial charge in [0.05, 0.1) is 6.10 Å². The number of phosphoric acid groups is 1. The van der Waals surface area contributed by atoms with E-state index in [0.717, 1.165) is 38.5 Å². The molecule has 5 heteroatoms. The van der Waals surface area contributed by atoms with Crippen molar-refractivity contribution >= 4 is 7.82 Å². The second-order valence-corrected chi connectivity index (χ2v) is 11.8. The predicted molar refractivity (Wildman–Crippen MR) is 148 cm³/mol. The van der Waals surface area contributed by atoms with Gasteiger partial charge in [0.2, 0.25) is 0 Å². The lowest BCUT2D eigenvalue weighted by molar-refractivity contribution is 0.115. The number of phosphoric ester groups is 1. The molecule has 0 bridgehead atoms. The Balaban J connectivity index is 3.63. The van der Waals surface area contributed by atoms with Crippen LogP contribution in [0.2, 0.25) is 0 Å². The van der Waals surface area contributed by atoms with Gasteiger partial charge in [-0.25, -0.2) is 4.57 Å². The largest absolute Gasteiger partial charge is 0.469 e. The van der Waals surface area contributed by atoms with Crippen LogP contribution in [0.15, 0.2) is 0 Å². The summed E-state index contributed by atoms with van der Waals surface area (Å²) in [6.07, 6.45) is 32.6. The Labute approximate surface area is 213 Å². The van der Waals surface area contributed by atoms with Gasteiger partial charge in [0, 0.05) is 0 Å². The minimum atomic E-state index is -4.39. The van der Waals surface area contributed by atoms with E-state index in [1.165, 1.54) is 128 Å². The van der Waals surface area contributed by atoms with E-state index in [2.05, 4.69) is 13.8 Å². The third-order valence-corrected chi connectivity index (χ3v) is 7.62. The van der Waals surface area contributed by atoms with Crippen LogP contribution in [0.3, 0.4) is 0 Å². The maximum atomic E-state index is 11.3. The molecule has 0 saturated carbocycles. The van der Waals surface area contributed by atoms with E-state index in [-0.39, 0.29) is 6.10 Å². The molecule has 0 aliphatic rings. The molecule has 0 spiro atoms. The molecule has 1 atom stereocenters. The number of hydrogen-bond donors (Lipinski definition) is 2. The Morgan fingerprint density at radius 3 is 0.941 bits per heavy atom. The molecule has 0 heterocycles. The van der Waals surface area contributed by atoms with Crippen LogP contribution in [-0.2, 0) is 9.09 Å². The van der Waals surface area contributed by atoms with Gasteiger partial charge in [-0.15, -0.1) is 0 Å². The molecular weight excluding hydrogens is 443 g/mol. The van der Waals surface area contributed by atoms with Crippen LogP contribution < -0.4 is 0 Å². The lowest BCUT2D eigenvalue weighted by atomic mass is 10.0. The summed E-state index contributed by atoms with van der Waals surface area (Å²) < 4.78 is 16.4. The van der Waals surface area contributed by atoms with E-state index in [4.69, 9.17) is 4.52 Å². The summed E-state index contributed by atoms with van der Waals surface area (Å²) in [7, 11) is -4.39. The molecule has 1 unspecified atom stereocenters. The maximum absolute atomic E-state index is 11.3. The molecule has 206 valence electrons. The monoisotopic (exact) mass is 504 g/mol. The molecule has 0 aromatic heterocycles. The van der Waals surface area contributed by atoms with Crippen molar-refractivity contribution in [2.75, 3.05) is 0 Å². The van der Waals surface area contributed by atoms with Crippen molar-refractivity contribution in [3.63, 3.8) is 0 Å². The minimum Gasteiger partial charge on any atom is -0.303 e. The third kappa shape index (κ3) is 28.3. The van der Waals surface area contributed by atoms with Crippen LogP contribution in [0.1, 0.15) is 181 Å². The highest BCUT2D eigenvalue weighted by Gasteiger charge is 2.21. The maximum Gasteiger partial charge on any atom is 0.469 e. The zero-order valence-corrected chi connectivity index (χ0v) is 24.0. The molecule has 4 nitrogen and oxygen atoms in total. The fourth-order valence-corrected chi connectivity index (χ4v) is 5.47. The van der Waals surface area contributed by atoms with Crippen LogP contribution in [0, 0.1) is 0 Å². The van der Waals surface area contributed by atoms with Gasteiger partial charge in [-0.3, -0.25) is 4.52 Å². The summed E-state index contributed by atoms with van der Waals surface area (Å²) >= 11 is 0. The first-order valence-electron chi connectivity index (χ1n) is 15.2. The molecule has 0 rings (SSSR count). The Bertz CT molecular complexity index is 438. The highest BCUT2D eigenvalue weighted by atomic mass is 31.2. The van der Waals surface area contributed by atoms with E-state index >= 15 is 0 Å². The predicted octanol–water partition coefficient (Wildman–Crippen LogP) is 10.6. The van der Waals surface area contributed by atoms with E-state index in [9.17, 15) is 14.4 Å². The van der Waals surface area contributed by atoms with Crippen molar-refractivity contribution in [3.8, 4) is 0 Å². The summed E-state index contributed by atoms with van der Waals surface area (Å²) in [5.41, 5.74) is 0. The van der Waals surface area contributed by atoms with Crippen molar-refractivity contribution < 1.29 is 18.9 Å². The Hall–Kier alpha value is 0.110. The Morgan fingerprint density at radius 1 is 0.471 bits per heavy atom. The molecule has 0 aliphatic carbocycles. The van der Waals surface area contributed by atoms with Crippen molar-refractivity contribution in [1.29, 1.82) is 0 Å². The highest BCUT2D eigenvalue weighted by molar-refractivity contribution is 7.46. The normalized spacial score (nSPS) is 12.9. The number of unbranched alkanes of at least 4 members (excludes halogenated alkanes) is 22. The summed E-state index contributed by atoms with van der Waals surface area (Å²) in [6, 6.07) is 0. The van der Waals surface area contributed by atoms with Crippen LogP contribution in [0.25, 0.3) is 0 Å². The molecule has 34 heavy (non-hydrogen) atoms. The zero-order valence-electron chi connectivity index (χ0n) is 23.1. The highest BCUT2D eigenvalue weighted by Crippen LogP contribution is 2.39. The second-order valence-electron chi connectivity index (χ2n) is 10.6.